The number of unbranched alkanes of at least 4 members (excludes halogenated alkanes) is 1. The normalized spacial score (nSPS) is 11.9. The van der Waals surface area contributed by atoms with Gasteiger partial charge in [0.25, 0.3) is 5.56 Å². The van der Waals surface area contributed by atoms with E-state index in [-0.39, 0.29) is 11.5 Å². The average molecular weight is 616 g/mol. The molecule has 0 bridgehead atoms. The van der Waals surface area contributed by atoms with Crippen LogP contribution in [-0.4, -0.2) is 59.7 Å². The van der Waals surface area contributed by atoms with Crippen molar-refractivity contribution in [3.05, 3.63) is 81.5 Å². The van der Waals surface area contributed by atoms with Crippen molar-refractivity contribution >= 4 is 23.2 Å². The smallest absolute Gasteiger partial charge is 0.304 e. The third-order valence-corrected chi connectivity index (χ3v) is 7.93. The van der Waals surface area contributed by atoms with Gasteiger partial charge in [0.05, 0.1) is 11.5 Å². The number of likely N-dealkylation sites (N-methyl/N-ethyl adjacent to an activating group) is 1. The first-order valence-electron chi connectivity index (χ1n) is 14.9. The third kappa shape index (κ3) is 7.63. The Hall–Kier alpha value is -4.25. The van der Waals surface area contributed by atoms with Gasteiger partial charge in [-0.25, -0.2) is 4.98 Å². The molecule has 4 aromatic rings. The molecule has 4 rings (SSSR count). The lowest BCUT2D eigenvalue weighted by molar-refractivity contribution is -0.156. The molecule has 10 nitrogen and oxygen atoms in total. The number of aryl methyl sites for hydroxylation is 2. The Balaban J connectivity index is 1.65. The van der Waals surface area contributed by atoms with Gasteiger partial charge in [0.1, 0.15) is 5.82 Å². The van der Waals surface area contributed by atoms with Gasteiger partial charge in [-0.3, -0.25) is 14.2 Å². The molecule has 0 N–H and O–H groups in total. The fraction of sp³-hybridized carbons (Fsp3) is 0.424. The summed E-state index contributed by atoms with van der Waals surface area (Å²) < 4.78 is 7.23. The van der Waals surface area contributed by atoms with E-state index in [0.29, 0.717) is 29.3 Å². The zero-order chi connectivity index (χ0) is 32.0. The van der Waals surface area contributed by atoms with Crippen molar-refractivity contribution in [1.82, 2.24) is 34.7 Å². The lowest BCUT2D eigenvalue weighted by atomic mass is 9.98. The fourth-order valence-corrected chi connectivity index (χ4v) is 5.07. The molecule has 2 aromatic heterocycles. The van der Waals surface area contributed by atoms with Gasteiger partial charge in [0, 0.05) is 56.6 Å². The van der Waals surface area contributed by atoms with E-state index in [9.17, 15) is 9.59 Å². The second kappa shape index (κ2) is 14.5. The topological polar surface area (TPSA) is 108 Å². The molecule has 0 amide bonds. The summed E-state index contributed by atoms with van der Waals surface area (Å²) >= 11 is 5.52. The van der Waals surface area contributed by atoms with Gasteiger partial charge in [0.15, 0.2) is 0 Å². The molecule has 0 aliphatic rings. The summed E-state index contributed by atoms with van der Waals surface area (Å²) in [5.74, 6) is 0.787. The number of nitrogens with zero attached hydrogens (tertiary/aromatic N) is 7. The third-order valence-electron chi connectivity index (χ3n) is 7.42. The highest BCUT2D eigenvalue weighted by atomic mass is 32.1. The van der Waals surface area contributed by atoms with Crippen LogP contribution in [0.5, 0.6) is 0 Å². The molecule has 2 aromatic carbocycles. The summed E-state index contributed by atoms with van der Waals surface area (Å²) in [7, 11) is 3.78. The number of esters is 1. The van der Waals surface area contributed by atoms with E-state index in [1.54, 1.807) is 4.57 Å². The Morgan fingerprint density at radius 3 is 2.36 bits per heavy atom. The van der Waals surface area contributed by atoms with Crippen LogP contribution in [0.2, 0.25) is 0 Å². The zero-order valence-electron chi connectivity index (χ0n) is 26.6. The minimum absolute atomic E-state index is 0.0372. The molecule has 0 saturated carbocycles. The maximum absolute atomic E-state index is 13.8. The van der Waals surface area contributed by atoms with Crippen LogP contribution in [-0.2, 0) is 28.9 Å². The Morgan fingerprint density at radius 2 is 1.75 bits per heavy atom. The molecule has 44 heavy (non-hydrogen) atoms. The Kier molecular flexibility index (Phi) is 10.7. The van der Waals surface area contributed by atoms with Crippen molar-refractivity contribution < 1.29 is 9.53 Å². The molecular weight excluding hydrogens is 574 g/mol. The lowest BCUT2D eigenvalue weighted by Gasteiger charge is -2.18. The number of hydrogen-bond acceptors (Lipinski definition) is 8. The van der Waals surface area contributed by atoms with E-state index in [4.69, 9.17) is 21.9 Å². The highest BCUT2D eigenvalue weighted by Crippen LogP contribution is 2.31. The van der Waals surface area contributed by atoms with E-state index in [2.05, 4.69) is 22.3 Å². The predicted molar refractivity (Wildman–Crippen MR) is 175 cm³/mol. The first-order chi connectivity index (χ1) is 21.0. The number of rotatable bonds is 12. The van der Waals surface area contributed by atoms with Gasteiger partial charge >= 0.3 is 5.97 Å². The van der Waals surface area contributed by atoms with E-state index in [1.165, 1.54) is 11.7 Å². The average Bonchev–Trinajstić information content (AvgIpc) is 3.48. The molecule has 0 aliphatic heterocycles. The van der Waals surface area contributed by atoms with Crippen molar-refractivity contribution in [2.75, 3.05) is 14.1 Å². The minimum atomic E-state index is -0.652. The SMILES string of the molecule is CCCCc1nc(C)c(CC(=S)N(C)C)c(=O)n1Cc1ccc(-c2ccccc2-c2nnn(C(OC(C)=O)C(C)C)n2)cc1. The van der Waals surface area contributed by atoms with Crippen molar-refractivity contribution in [3.63, 3.8) is 0 Å². The van der Waals surface area contributed by atoms with Crippen LogP contribution >= 0.6 is 12.2 Å². The molecule has 1 atom stereocenters. The van der Waals surface area contributed by atoms with Crippen LogP contribution < -0.4 is 5.56 Å². The summed E-state index contributed by atoms with van der Waals surface area (Å²) in [5, 5.41) is 13.0. The highest BCUT2D eigenvalue weighted by Gasteiger charge is 2.23. The van der Waals surface area contributed by atoms with Crippen LogP contribution in [0.3, 0.4) is 0 Å². The van der Waals surface area contributed by atoms with Crippen molar-refractivity contribution in [3.8, 4) is 22.5 Å². The Labute approximate surface area is 264 Å². The summed E-state index contributed by atoms with van der Waals surface area (Å²) in [6.45, 7) is 9.67. The van der Waals surface area contributed by atoms with Gasteiger partial charge in [0.2, 0.25) is 12.1 Å². The maximum atomic E-state index is 13.8. The van der Waals surface area contributed by atoms with Crippen molar-refractivity contribution in [2.45, 2.75) is 73.1 Å². The molecule has 0 fully saturated rings. The highest BCUT2D eigenvalue weighted by molar-refractivity contribution is 7.80. The van der Waals surface area contributed by atoms with Crippen LogP contribution in [0.25, 0.3) is 22.5 Å². The number of hydrogen-bond donors (Lipinski definition) is 0. The van der Waals surface area contributed by atoms with E-state index in [1.807, 2.05) is 88.3 Å². The molecule has 0 aliphatic carbocycles. The van der Waals surface area contributed by atoms with Gasteiger partial charge in [-0.1, -0.05) is 87.9 Å². The lowest BCUT2D eigenvalue weighted by Crippen LogP contribution is -2.33. The van der Waals surface area contributed by atoms with Crippen LogP contribution in [0.15, 0.2) is 53.3 Å². The standard InChI is InChI=1S/C33H41N7O3S/c1-8-9-14-29-34-22(4)28(19-30(44)38(6)7)32(42)39(29)20-24-15-17-25(18-16-24)26-12-10-11-13-27(26)31-35-37-40(36-31)33(21(2)3)43-23(5)41/h10-13,15-18,21,33H,8-9,14,19-20H2,1-7H3. The molecule has 0 spiro atoms. The van der Waals surface area contributed by atoms with Gasteiger partial charge in [-0.15, -0.1) is 15.0 Å². The second-order valence-corrected chi connectivity index (χ2v) is 11.9. The molecule has 232 valence electrons. The molecule has 0 saturated heterocycles. The minimum Gasteiger partial charge on any atom is -0.438 e. The van der Waals surface area contributed by atoms with E-state index in [0.717, 1.165) is 53.0 Å². The first kappa shape index (κ1) is 32.7. The Morgan fingerprint density at radius 1 is 1.07 bits per heavy atom. The second-order valence-electron chi connectivity index (χ2n) is 11.5. The van der Waals surface area contributed by atoms with Gasteiger partial charge < -0.3 is 9.64 Å². The van der Waals surface area contributed by atoms with Crippen LogP contribution in [0.1, 0.15) is 69.4 Å². The quantitative estimate of drug-likeness (QED) is 0.153. The summed E-state index contributed by atoms with van der Waals surface area (Å²) in [4.78, 5) is 34.2. The molecule has 0 radical (unpaired) electrons. The van der Waals surface area contributed by atoms with E-state index >= 15 is 0 Å². The summed E-state index contributed by atoms with van der Waals surface area (Å²) in [6.07, 6.45) is 2.44. The predicted octanol–water partition coefficient (Wildman–Crippen LogP) is 5.41. The number of benzene rings is 2. The van der Waals surface area contributed by atoms with Crippen LogP contribution in [0, 0.1) is 12.8 Å². The number of thiocarbonyl (C=S) groups is 1. The first-order valence-corrected chi connectivity index (χ1v) is 15.4. The molecule has 2 heterocycles. The Bertz CT molecular complexity index is 1680. The van der Waals surface area contributed by atoms with Crippen molar-refractivity contribution in [2.24, 2.45) is 5.92 Å². The van der Waals surface area contributed by atoms with Crippen LogP contribution in [0.4, 0.5) is 0 Å². The van der Waals surface area contributed by atoms with Gasteiger partial charge in [-0.05, 0) is 35.2 Å². The molecule has 11 heteroatoms. The number of carbonyl (C=O) groups is 1. The largest absolute Gasteiger partial charge is 0.438 e. The summed E-state index contributed by atoms with van der Waals surface area (Å²) in [5.41, 5.74) is 5.05. The van der Waals surface area contributed by atoms with Gasteiger partial charge in [-0.2, -0.15) is 0 Å². The number of tetrazole rings is 1. The zero-order valence-corrected chi connectivity index (χ0v) is 27.4. The number of ether oxygens (including phenoxy) is 1. The van der Waals surface area contributed by atoms with E-state index < -0.39 is 12.2 Å². The van der Waals surface area contributed by atoms with Crippen molar-refractivity contribution in [1.29, 1.82) is 0 Å². The number of carbonyl (C=O) groups excluding carboxylic acids is 1. The maximum Gasteiger partial charge on any atom is 0.304 e. The molecule has 1 unspecified atom stereocenters. The monoisotopic (exact) mass is 615 g/mol. The summed E-state index contributed by atoms with van der Waals surface area (Å²) in [6, 6.07) is 16.0. The molecular formula is C33H41N7O3S. The number of aromatic nitrogens is 6. The fourth-order valence-electron chi connectivity index (χ4n) is 4.92.